The van der Waals surface area contributed by atoms with E-state index in [4.69, 9.17) is 4.74 Å². The van der Waals surface area contributed by atoms with Gasteiger partial charge >= 0.3 is 0 Å². The van der Waals surface area contributed by atoms with Gasteiger partial charge in [0, 0.05) is 50.8 Å². The van der Waals surface area contributed by atoms with Crippen LogP contribution in [0.4, 0.5) is 5.95 Å². The van der Waals surface area contributed by atoms with Crippen LogP contribution in [0.2, 0.25) is 0 Å². The van der Waals surface area contributed by atoms with Crippen molar-refractivity contribution in [2.75, 3.05) is 32.2 Å². The number of nitrogens with one attached hydrogen (secondary N) is 1. The second kappa shape index (κ2) is 5.93. The first-order valence-corrected chi connectivity index (χ1v) is 6.07. The Bertz CT molecular complexity index is 335. The standard InChI is InChI=1S/C12H20N4O/c1-13-7-10-8-14-12(15-9-10)16(2)11-3-5-17-6-4-11/h8-9,11,13H,3-7H2,1-2H3. The summed E-state index contributed by atoms with van der Waals surface area (Å²) in [7, 11) is 3.98. The van der Waals surface area contributed by atoms with E-state index in [1.54, 1.807) is 0 Å². The van der Waals surface area contributed by atoms with Gasteiger partial charge in [-0.25, -0.2) is 9.97 Å². The maximum Gasteiger partial charge on any atom is 0.225 e. The van der Waals surface area contributed by atoms with Gasteiger partial charge in [-0.1, -0.05) is 0 Å². The van der Waals surface area contributed by atoms with Gasteiger partial charge in [-0.15, -0.1) is 0 Å². The maximum atomic E-state index is 5.36. The zero-order valence-corrected chi connectivity index (χ0v) is 10.5. The molecule has 0 unspecified atom stereocenters. The molecule has 0 spiro atoms. The van der Waals surface area contributed by atoms with Gasteiger partial charge in [0.25, 0.3) is 0 Å². The first-order chi connectivity index (χ1) is 8.31. The predicted octanol–water partition coefficient (Wildman–Crippen LogP) is 0.811. The number of ether oxygens (including phenoxy) is 1. The smallest absolute Gasteiger partial charge is 0.225 e. The third-order valence-electron chi connectivity index (χ3n) is 3.13. The van der Waals surface area contributed by atoms with Crippen molar-refractivity contribution in [3.05, 3.63) is 18.0 Å². The molecule has 0 bridgehead atoms. The van der Waals surface area contributed by atoms with Crippen LogP contribution in [0.25, 0.3) is 0 Å². The molecular formula is C12H20N4O. The fourth-order valence-corrected chi connectivity index (χ4v) is 2.06. The van der Waals surface area contributed by atoms with Crippen molar-refractivity contribution in [2.45, 2.75) is 25.4 Å². The van der Waals surface area contributed by atoms with E-state index in [-0.39, 0.29) is 0 Å². The van der Waals surface area contributed by atoms with E-state index in [9.17, 15) is 0 Å². The molecule has 0 aromatic carbocycles. The minimum atomic E-state index is 0.499. The zero-order valence-electron chi connectivity index (χ0n) is 10.5. The Morgan fingerprint density at radius 3 is 2.59 bits per heavy atom. The summed E-state index contributed by atoms with van der Waals surface area (Å²) in [4.78, 5) is 11.0. The molecule has 0 atom stereocenters. The lowest BCUT2D eigenvalue weighted by atomic mass is 10.1. The van der Waals surface area contributed by atoms with Crippen molar-refractivity contribution in [1.82, 2.24) is 15.3 Å². The van der Waals surface area contributed by atoms with Crippen LogP contribution >= 0.6 is 0 Å². The van der Waals surface area contributed by atoms with Crippen LogP contribution in [-0.4, -0.2) is 43.3 Å². The molecule has 17 heavy (non-hydrogen) atoms. The summed E-state index contributed by atoms with van der Waals surface area (Å²) in [5, 5.41) is 3.09. The summed E-state index contributed by atoms with van der Waals surface area (Å²) in [5.41, 5.74) is 1.11. The minimum Gasteiger partial charge on any atom is -0.381 e. The third kappa shape index (κ3) is 3.14. The summed E-state index contributed by atoms with van der Waals surface area (Å²) in [6.45, 7) is 2.49. The van der Waals surface area contributed by atoms with E-state index in [1.807, 2.05) is 19.4 Å². The number of anilines is 1. The first kappa shape index (κ1) is 12.3. The molecule has 94 valence electrons. The summed E-state index contributed by atoms with van der Waals surface area (Å²) in [5.74, 6) is 0.803. The van der Waals surface area contributed by atoms with Crippen LogP contribution in [0.15, 0.2) is 12.4 Å². The molecule has 1 aliphatic heterocycles. The molecular weight excluding hydrogens is 216 g/mol. The van der Waals surface area contributed by atoms with Gasteiger partial charge in [-0.2, -0.15) is 0 Å². The van der Waals surface area contributed by atoms with E-state index < -0.39 is 0 Å². The molecule has 5 heteroatoms. The van der Waals surface area contributed by atoms with Gasteiger partial charge in [0.1, 0.15) is 0 Å². The van der Waals surface area contributed by atoms with E-state index in [0.717, 1.165) is 44.1 Å². The van der Waals surface area contributed by atoms with Gasteiger partial charge < -0.3 is 15.0 Å². The molecule has 1 aromatic rings. The Labute approximate surface area is 102 Å². The Hall–Kier alpha value is -1.20. The normalized spacial score (nSPS) is 17.1. The molecule has 0 amide bonds. The Balaban J connectivity index is 2.00. The first-order valence-electron chi connectivity index (χ1n) is 6.07. The molecule has 2 heterocycles. The predicted molar refractivity (Wildman–Crippen MR) is 67.0 cm³/mol. The van der Waals surface area contributed by atoms with Crippen LogP contribution in [0.5, 0.6) is 0 Å². The quantitative estimate of drug-likeness (QED) is 0.838. The average Bonchev–Trinajstić information content (AvgIpc) is 2.40. The maximum absolute atomic E-state index is 5.36. The second-order valence-corrected chi connectivity index (χ2v) is 4.38. The molecule has 1 N–H and O–H groups in total. The average molecular weight is 236 g/mol. The summed E-state index contributed by atoms with van der Waals surface area (Å²) in [6, 6.07) is 0.499. The molecule has 0 saturated carbocycles. The van der Waals surface area contributed by atoms with E-state index >= 15 is 0 Å². The van der Waals surface area contributed by atoms with Crippen molar-refractivity contribution >= 4 is 5.95 Å². The fourth-order valence-electron chi connectivity index (χ4n) is 2.06. The second-order valence-electron chi connectivity index (χ2n) is 4.38. The molecule has 5 nitrogen and oxygen atoms in total. The molecule has 0 aliphatic carbocycles. The highest BCUT2D eigenvalue weighted by molar-refractivity contribution is 5.30. The number of hydrogen-bond acceptors (Lipinski definition) is 5. The van der Waals surface area contributed by atoms with Crippen molar-refractivity contribution in [2.24, 2.45) is 0 Å². The SMILES string of the molecule is CNCc1cnc(N(C)C2CCOCC2)nc1. The zero-order chi connectivity index (χ0) is 12.1. The topological polar surface area (TPSA) is 50.3 Å². The van der Waals surface area contributed by atoms with Gasteiger partial charge in [-0.3, -0.25) is 0 Å². The van der Waals surface area contributed by atoms with Crippen molar-refractivity contribution in [3.63, 3.8) is 0 Å². The Morgan fingerprint density at radius 1 is 1.35 bits per heavy atom. The monoisotopic (exact) mass is 236 g/mol. The van der Waals surface area contributed by atoms with Crippen molar-refractivity contribution in [3.8, 4) is 0 Å². The molecule has 1 fully saturated rings. The summed E-state index contributed by atoms with van der Waals surface area (Å²) in [6.07, 6.45) is 5.87. The van der Waals surface area contributed by atoms with Crippen LogP contribution < -0.4 is 10.2 Å². The number of hydrogen-bond donors (Lipinski definition) is 1. The van der Waals surface area contributed by atoms with E-state index in [2.05, 4.69) is 27.2 Å². The number of aromatic nitrogens is 2. The molecule has 1 aliphatic rings. The highest BCUT2D eigenvalue weighted by Crippen LogP contribution is 2.17. The molecule has 1 aromatic heterocycles. The lowest BCUT2D eigenvalue weighted by Gasteiger charge is -2.31. The van der Waals surface area contributed by atoms with Crippen LogP contribution in [0.1, 0.15) is 18.4 Å². The van der Waals surface area contributed by atoms with Gasteiger partial charge in [0.05, 0.1) is 0 Å². The van der Waals surface area contributed by atoms with Gasteiger partial charge in [0.2, 0.25) is 5.95 Å². The Morgan fingerprint density at radius 2 is 2.00 bits per heavy atom. The lowest BCUT2D eigenvalue weighted by Crippen LogP contribution is -2.37. The molecule has 1 saturated heterocycles. The molecule has 2 rings (SSSR count). The van der Waals surface area contributed by atoms with Gasteiger partial charge in [-0.05, 0) is 19.9 Å². The third-order valence-corrected chi connectivity index (χ3v) is 3.13. The number of rotatable bonds is 4. The fraction of sp³-hybridized carbons (Fsp3) is 0.667. The lowest BCUT2D eigenvalue weighted by molar-refractivity contribution is 0.0852. The summed E-state index contributed by atoms with van der Waals surface area (Å²) >= 11 is 0. The van der Waals surface area contributed by atoms with Crippen LogP contribution in [0.3, 0.4) is 0 Å². The van der Waals surface area contributed by atoms with Gasteiger partial charge in [0.15, 0.2) is 0 Å². The highest BCUT2D eigenvalue weighted by atomic mass is 16.5. The highest BCUT2D eigenvalue weighted by Gasteiger charge is 2.20. The van der Waals surface area contributed by atoms with Crippen molar-refractivity contribution < 1.29 is 4.74 Å². The van der Waals surface area contributed by atoms with Crippen LogP contribution in [0, 0.1) is 0 Å². The number of nitrogens with zero attached hydrogens (tertiary/aromatic N) is 3. The molecule has 0 radical (unpaired) electrons. The summed E-state index contributed by atoms with van der Waals surface area (Å²) < 4.78 is 5.36. The van der Waals surface area contributed by atoms with Crippen molar-refractivity contribution in [1.29, 1.82) is 0 Å². The van der Waals surface area contributed by atoms with E-state index in [1.165, 1.54) is 0 Å². The Kier molecular flexibility index (Phi) is 4.28. The minimum absolute atomic E-state index is 0.499. The largest absolute Gasteiger partial charge is 0.381 e. The van der Waals surface area contributed by atoms with E-state index in [0.29, 0.717) is 6.04 Å². The van der Waals surface area contributed by atoms with Crippen LogP contribution in [-0.2, 0) is 11.3 Å².